The van der Waals surface area contributed by atoms with Crippen molar-refractivity contribution in [3.05, 3.63) is 89.0 Å². The first-order valence-corrected chi connectivity index (χ1v) is 15.4. The van der Waals surface area contributed by atoms with Crippen molar-refractivity contribution in [2.24, 2.45) is 5.92 Å². The van der Waals surface area contributed by atoms with E-state index >= 15 is 0 Å². The fourth-order valence-electron chi connectivity index (χ4n) is 5.94. The van der Waals surface area contributed by atoms with Crippen LogP contribution in [0.15, 0.2) is 60.7 Å². The molecule has 45 heavy (non-hydrogen) atoms. The van der Waals surface area contributed by atoms with Gasteiger partial charge in [0.2, 0.25) is 5.75 Å². The molecule has 1 fully saturated rings. The lowest BCUT2D eigenvalue weighted by atomic mass is 9.86. The highest BCUT2D eigenvalue weighted by molar-refractivity contribution is 5.95. The summed E-state index contributed by atoms with van der Waals surface area (Å²) in [4.78, 5) is 26.3. The number of amides is 1. The van der Waals surface area contributed by atoms with E-state index in [9.17, 15) is 18.4 Å². The Morgan fingerprint density at radius 3 is 1.98 bits per heavy atom. The Bertz CT molecular complexity index is 1320. The minimum absolute atomic E-state index is 0.0245. The zero-order valence-electron chi connectivity index (χ0n) is 26.2. The van der Waals surface area contributed by atoms with Crippen LogP contribution in [-0.4, -0.2) is 65.2 Å². The summed E-state index contributed by atoms with van der Waals surface area (Å²) in [7, 11) is 4.49. The predicted molar refractivity (Wildman–Crippen MR) is 169 cm³/mol. The van der Waals surface area contributed by atoms with Crippen LogP contribution >= 0.6 is 0 Å². The molecule has 0 radical (unpaired) electrons. The summed E-state index contributed by atoms with van der Waals surface area (Å²) in [6.45, 7) is 2.39. The minimum atomic E-state index is -0.317. The molecule has 0 saturated carbocycles. The van der Waals surface area contributed by atoms with Crippen LogP contribution in [0.25, 0.3) is 0 Å². The second-order valence-corrected chi connectivity index (χ2v) is 11.2. The van der Waals surface area contributed by atoms with Crippen LogP contribution in [0.3, 0.4) is 0 Å². The first-order valence-electron chi connectivity index (χ1n) is 15.4. The lowest BCUT2D eigenvalue weighted by molar-refractivity contribution is -0.122. The first-order chi connectivity index (χ1) is 21.8. The van der Waals surface area contributed by atoms with Gasteiger partial charge in [0.05, 0.1) is 27.4 Å². The van der Waals surface area contributed by atoms with E-state index < -0.39 is 0 Å². The number of benzene rings is 3. The third kappa shape index (κ3) is 9.25. The quantitative estimate of drug-likeness (QED) is 0.177. The number of ether oxygens (including phenoxy) is 3. The van der Waals surface area contributed by atoms with Crippen LogP contribution in [0, 0.1) is 17.6 Å². The van der Waals surface area contributed by atoms with Crippen molar-refractivity contribution in [3.63, 3.8) is 0 Å². The molecule has 0 aliphatic carbocycles. The lowest BCUT2D eigenvalue weighted by Gasteiger charge is -2.24. The molecular weight excluding hydrogens is 580 g/mol. The van der Waals surface area contributed by atoms with Crippen molar-refractivity contribution in [2.75, 3.05) is 47.5 Å². The van der Waals surface area contributed by atoms with E-state index in [0.717, 1.165) is 43.5 Å². The standard InChI is InChI=1S/C35H43F2N3O5/c1-43-31-20-26(21-32(44-2)34(31)45-3)35(42)40-19-18-39-33(25-16-17-38-22-25)30(41)7-5-4-6-29(23-8-12-27(36)13-9-23)24-10-14-28(37)15-11-24/h8-15,20-21,25,29,33,38-39H,4-7,16-19,22H2,1-3H3,(H,40,42). The van der Waals surface area contributed by atoms with E-state index in [1.807, 2.05) is 0 Å². The summed E-state index contributed by atoms with van der Waals surface area (Å²) in [6.07, 6.45) is 3.56. The molecule has 3 aromatic carbocycles. The fourth-order valence-corrected chi connectivity index (χ4v) is 5.94. The molecule has 1 saturated heterocycles. The van der Waals surface area contributed by atoms with Crippen molar-refractivity contribution < 1.29 is 32.6 Å². The van der Waals surface area contributed by atoms with Crippen LogP contribution in [0.2, 0.25) is 0 Å². The average molecular weight is 624 g/mol. The normalized spacial score (nSPS) is 15.1. The summed E-state index contributed by atoms with van der Waals surface area (Å²) in [6, 6.07) is 15.7. The number of Topliss-reactive ketones (excluding diaryl/α,β-unsaturated/α-hetero) is 1. The molecule has 2 atom stereocenters. The number of hydrogen-bond donors (Lipinski definition) is 3. The predicted octanol–water partition coefficient (Wildman–Crippen LogP) is 5.25. The Hall–Kier alpha value is -4.02. The van der Waals surface area contributed by atoms with Gasteiger partial charge in [-0.1, -0.05) is 30.7 Å². The summed E-state index contributed by atoms with van der Waals surface area (Å²) < 4.78 is 43.2. The summed E-state index contributed by atoms with van der Waals surface area (Å²) >= 11 is 0. The van der Waals surface area contributed by atoms with Gasteiger partial charge in [-0.2, -0.15) is 0 Å². The van der Waals surface area contributed by atoms with Crippen molar-refractivity contribution >= 4 is 11.7 Å². The molecular formula is C35H43F2N3O5. The van der Waals surface area contributed by atoms with Gasteiger partial charge in [0.25, 0.3) is 5.91 Å². The molecule has 242 valence electrons. The van der Waals surface area contributed by atoms with Crippen LogP contribution < -0.4 is 30.2 Å². The topological polar surface area (TPSA) is 97.9 Å². The minimum Gasteiger partial charge on any atom is -0.493 e. The van der Waals surface area contributed by atoms with E-state index in [4.69, 9.17) is 14.2 Å². The molecule has 8 nitrogen and oxygen atoms in total. The molecule has 1 aliphatic rings. The number of methoxy groups -OCH3 is 3. The molecule has 10 heteroatoms. The van der Waals surface area contributed by atoms with Gasteiger partial charge in [0, 0.05) is 31.0 Å². The monoisotopic (exact) mass is 623 g/mol. The summed E-state index contributed by atoms with van der Waals surface area (Å²) in [5.74, 6) is 0.593. The lowest BCUT2D eigenvalue weighted by Crippen LogP contribution is -2.46. The summed E-state index contributed by atoms with van der Waals surface area (Å²) in [5.41, 5.74) is 2.29. The second-order valence-electron chi connectivity index (χ2n) is 11.2. The number of ketones is 1. The average Bonchev–Trinajstić information content (AvgIpc) is 3.59. The molecule has 3 N–H and O–H groups in total. The van der Waals surface area contributed by atoms with Gasteiger partial charge >= 0.3 is 0 Å². The summed E-state index contributed by atoms with van der Waals surface area (Å²) in [5, 5.41) is 9.64. The van der Waals surface area contributed by atoms with Crippen LogP contribution in [-0.2, 0) is 4.79 Å². The van der Waals surface area contributed by atoms with Gasteiger partial charge in [0.15, 0.2) is 11.5 Å². The second kappa shape index (κ2) is 16.9. The maximum atomic E-state index is 13.6. The van der Waals surface area contributed by atoms with Gasteiger partial charge < -0.3 is 30.2 Å². The smallest absolute Gasteiger partial charge is 0.251 e. The zero-order chi connectivity index (χ0) is 32.2. The van der Waals surface area contributed by atoms with Gasteiger partial charge in [-0.15, -0.1) is 0 Å². The Morgan fingerprint density at radius 1 is 0.867 bits per heavy atom. The number of carbonyl (C=O) groups excluding carboxylic acids is 2. The van der Waals surface area contributed by atoms with Crippen molar-refractivity contribution in [1.29, 1.82) is 0 Å². The molecule has 1 aliphatic heterocycles. The number of carbonyl (C=O) groups is 2. The SMILES string of the molecule is COc1cc(C(=O)NCCNC(C(=O)CCCCC(c2ccc(F)cc2)c2ccc(F)cc2)C2CCNC2)cc(OC)c1OC. The van der Waals surface area contributed by atoms with E-state index in [1.54, 1.807) is 36.4 Å². The van der Waals surface area contributed by atoms with E-state index in [2.05, 4.69) is 16.0 Å². The third-order valence-corrected chi connectivity index (χ3v) is 8.33. The Labute approximate surface area is 263 Å². The maximum Gasteiger partial charge on any atom is 0.251 e. The van der Waals surface area contributed by atoms with E-state index in [-0.39, 0.29) is 41.2 Å². The largest absolute Gasteiger partial charge is 0.493 e. The van der Waals surface area contributed by atoms with Gasteiger partial charge in [0.1, 0.15) is 17.4 Å². The molecule has 4 rings (SSSR count). The van der Waals surface area contributed by atoms with Crippen molar-refractivity contribution in [3.8, 4) is 17.2 Å². The molecule has 0 bridgehead atoms. The maximum absolute atomic E-state index is 13.6. The Kier molecular flexibility index (Phi) is 12.7. The highest BCUT2D eigenvalue weighted by Gasteiger charge is 2.29. The van der Waals surface area contributed by atoms with E-state index in [0.29, 0.717) is 48.7 Å². The molecule has 0 aromatic heterocycles. The zero-order valence-corrected chi connectivity index (χ0v) is 26.2. The van der Waals surface area contributed by atoms with Crippen LogP contribution in [0.5, 0.6) is 17.2 Å². The Balaban J connectivity index is 1.30. The molecule has 2 unspecified atom stereocenters. The van der Waals surface area contributed by atoms with E-state index in [1.165, 1.54) is 45.6 Å². The number of nitrogens with one attached hydrogen (secondary N) is 3. The number of rotatable bonds is 17. The van der Waals surface area contributed by atoms with Gasteiger partial charge in [-0.05, 0) is 85.8 Å². The number of hydrogen-bond acceptors (Lipinski definition) is 7. The fraction of sp³-hybridized carbons (Fsp3) is 0.429. The first kappa shape index (κ1) is 33.9. The highest BCUT2D eigenvalue weighted by atomic mass is 19.1. The Morgan fingerprint density at radius 2 is 1.47 bits per heavy atom. The number of unbranched alkanes of at least 4 members (excludes halogenated alkanes) is 1. The highest BCUT2D eigenvalue weighted by Crippen LogP contribution is 2.38. The van der Waals surface area contributed by atoms with Crippen LogP contribution in [0.4, 0.5) is 8.78 Å². The molecule has 0 spiro atoms. The van der Waals surface area contributed by atoms with Gasteiger partial charge in [-0.25, -0.2) is 8.78 Å². The van der Waals surface area contributed by atoms with Crippen molar-refractivity contribution in [1.82, 2.24) is 16.0 Å². The van der Waals surface area contributed by atoms with Crippen molar-refractivity contribution in [2.45, 2.75) is 44.1 Å². The molecule has 3 aromatic rings. The third-order valence-electron chi connectivity index (χ3n) is 8.33. The number of halogens is 2. The van der Waals surface area contributed by atoms with Crippen LogP contribution in [0.1, 0.15) is 59.5 Å². The molecule has 1 heterocycles. The molecule has 1 amide bonds. The van der Waals surface area contributed by atoms with Gasteiger partial charge in [-0.3, -0.25) is 9.59 Å².